The predicted molar refractivity (Wildman–Crippen MR) is 133 cm³/mol. The summed E-state index contributed by atoms with van der Waals surface area (Å²) in [6, 6.07) is 16.4. The number of carbonyl (C=O) groups is 3. The van der Waals surface area contributed by atoms with E-state index in [1.54, 1.807) is 6.92 Å². The molecule has 186 valence electrons. The highest BCUT2D eigenvalue weighted by molar-refractivity contribution is 5.88. The van der Waals surface area contributed by atoms with E-state index in [2.05, 4.69) is 34.9 Å². The smallest absolute Gasteiger partial charge is 0.407 e. The fourth-order valence-corrected chi connectivity index (χ4v) is 5.58. The molecule has 2 amide bonds. The highest BCUT2D eigenvalue weighted by Gasteiger charge is 2.39. The number of rotatable bonds is 9. The van der Waals surface area contributed by atoms with Gasteiger partial charge in [0.15, 0.2) is 0 Å². The Balaban J connectivity index is 1.32. The van der Waals surface area contributed by atoms with Crippen molar-refractivity contribution in [1.82, 2.24) is 10.6 Å². The van der Waals surface area contributed by atoms with E-state index in [9.17, 15) is 19.5 Å². The summed E-state index contributed by atoms with van der Waals surface area (Å²) in [5, 5.41) is 15.2. The van der Waals surface area contributed by atoms with Crippen molar-refractivity contribution in [3.63, 3.8) is 0 Å². The van der Waals surface area contributed by atoms with Gasteiger partial charge in [-0.15, -0.1) is 0 Å². The SMILES string of the molecule is CCCC(C)(NC(=O)C1CCCC1CNC(=O)OCC1c2ccccc2-c2ccccc21)C(=O)O. The zero-order chi connectivity index (χ0) is 25.0. The van der Waals surface area contributed by atoms with Crippen molar-refractivity contribution in [3.05, 3.63) is 59.7 Å². The molecule has 2 aromatic rings. The molecule has 1 saturated carbocycles. The Labute approximate surface area is 206 Å². The molecule has 7 heteroatoms. The maximum Gasteiger partial charge on any atom is 0.407 e. The number of ether oxygens (including phenoxy) is 1. The highest BCUT2D eigenvalue weighted by Crippen LogP contribution is 2.44. The van der Waals surface area contributed by atoms with Crippen LogP contribution >= 0.6 is 0 Å². The molecule has 3 unspecified atom stereocenters. The monoisotopic (exact) mass is 478 g/mol. The van der Waals surface area contributed by atoms with Gasteiger partial charge < -0.3 is 20.5 Å². The average Bonchev–Trinajstić information content (AvgIpc) is 3.44. The fourth-order valence-electron chi connectivity index (χ4n) is 5.58. The van der Waals surface area contributed by atoms with E-state index in [1.165, 1.54) is 11.1 Å². The van der Waals surface area contributed by atoms with Crippen LogP contribution in [-0.4, -0.2) is 41.8 Å². The molecular weight excluding hydrogens is 444 g/mol. The third kappa shape index (κ3) is 5.19. The first-order chi connectivity index (χ1) is 16.8. The second-order valence-electron chi connectivity index (χ2n) is 9.88. The molecule has 3 atom stereocenters. The van der Waals surface area contributed by atoms with Crippen LogP contribution in [0, 0.1) is 11.8 Å². The Morgan fingerprint density at radius 1 is 1.03 bits per heavy atom. The van der Waals surface area contributed by atoms with Gasteiger partial charge in [-0.25, -0.2) is 9.59 Å². The topological polar surface area (TPSA) is 105 Å². The molecule has 0 saturated heterocycles. The van der Waals surface area contributed by atoms with Crippen LogP contribution in [0.15, 0.2) is 48.5 Å². The van der Waals surface area contributed by atoms with E-state index in [0.717, 1.165) is 24.0 Å². The van der Waals surface area contributed by atoms with Crippen LogP contribution in [0.2, 0.25) is 0 Å². The molecule has 0 aliphatic heterocycles. The number of alkyl carbamates (subject to hydrolysis) is 1. The van der Waals surface area contributed by atoms with Crippen LogP contribution in [0.1, 0.15) is 63.0 Å². The molecule has 2 aliphatic rings. The molecule has 4 rings (SSSR count). The maximum absolute atomic E-state index is 12.9. The fraction of sp³-hybridized carbons (Fsp3) is 0.464. The van der Waals surface area contributed by atoms with Gasteiger partial charge in [-0.3, -0.25) is 4.79 Å². The zero-order valence-corrected chi connectivity index (χ0v) is 20.4. The van der Waals surface area contributed by atoms with Crippen LogP contribution in [0.5, 0.6) is 0 Å². The molecule has 3 N–H and O–H groups in total. The van der Waals surface area contributed by atoms with Crippen molar-refractivity contribution in [2.24, 2.45) is 11.8 Å². The van der Waals surface area contributed by atoms with Crippen molar-refractivity contribution in [2.45, 2.75) is 57.4 Å². The summed E-state index contributed by atoms with van der Waals surface area (Å²) in [7, 11) is 0. The first-order valence-corrected chi connectivity index (χ1v) is 12.5. The third-order valence-electron chi connectivity index (χ3n) is 7.47. The van der Waals surface area contributed by atoms with Gasteiger partial charge in [-0.05, 0) is 54.4 Å². The van der Waals surface area contributed by atoms with Gasteiger partial charge in [0.1, 0.15) is 12.1 Å². The Bertz CT molecular complexity index is 1050. The van der Waals surface area contributed by atoms with Crippen LogP contribution in [0.3, 0.4) is 0 Å². The van der Waals surface area contributed by atoms with Gasteiger partial charge in [0.25, 0.3) is 0 Å². The van der Waals surface area contributed by atoms with E-state index in [-0.39, 0.29) is 30.3 Å². The van der Waals surface area contributed by atoms with Crippen LogP contribution in [0.25, 0.3) is 11.1 Å². The molecule has 0 radical (unpaired) electrons. The standard InChI is InChI=1S/C28H34N2O5/c1-3-15-28(2,26(32)33)30-25(31)19-14-8-9-18(19)16-29-27(34)35-17-24-22-12-6-4-10-20(22)21-11-5-7-13-23(21)24/h4-7,10-13,18-19,24H,3,8-9,14-17H2,1-2H3,(H,29,34)(H,30,31)(H,32,33). The predicted octanol–water partition coefficient (Wildman–Crippen LogP) is 4.70. The average molecular weight is 479 g/mol. The normalized spacial score (nSPS) is 20.4. The van der Waals surface area contributed by atoms with E-state index in [0.29, 0.717) is 25.8 Å². The number of amides is 2. The van der Waals surface area contributed by atoms with Gasteiger partial charge in [-0.2, -0.15) is 0 Å². The Morgan fingerprint density at radius 2 is 1.66 bits per heavy atom. The number of hydrogen-bond acceptors (Lipinski definition) is 4. The second-order valence-corrected chi connectivity index (χ2v) is 9.88. The van der Waals surface area contributed by atoms with Crippen LogP contribution in [-0.2, 0) is 14.3 Å². The van der Waals surface area contributed by atoms with E-state index in [1.807, 2.05) is 31.2 Å². The summed E-state index contributed by atoms with van der Waals surface area (Å²) in [5.74, 6) is -1.65. The number of carboxylic acid groups (broad SMARTS) is 1. The summed E-state index contributed by atoms with van der Waals surface area (Å²) < 4.78 is 5.61. The summed E-state index contributed by atoms with van der Waals surface area (Å²) in [6.07, 6.45) is 2.87. The lowest BCUT2D eigenvalue weighted by Gasteiger charge is -2.29. The molecule has 0 heterocycles. The number of carbonyl (C=O) groups excluding carboxylic acids is 2. The van der Waals surface area contributed by atoms with Gasteiger partial charge in [0, 0.05) is 18.4 Å². The zero-order valence-electron chi connectivity index (χ0n) is 20.4. The summed E-state index contributed by atoms with van der Waals surface area (Å²) >= 11 is 0. The first kappa shape index (κ1) is 24.8. The molecule has 0 aromatic heterocycles. The molecule has 7 nitrogen and oxygen atoms in total. The molecule has 0 bridgehead atoms. The molecule has 35 heavy (non-hydrogen) atoms. The van der Waals surface area contributed by atoms with Crippen LogP contribution in [0.4, 0.5) is 4.79 Å². The number of carboxylic acids is 1. The molecular formula is C28H34N2O5. The molecule has 1 fully saturated rings. The first-order valence-electron chi connectivity index (χ1n) is 12.5. The van der Waals surface area contributed by atoms with Crippen molar-refractivity contribution in [3.8, 4) is 11.1 Å². The minimum Gasteiger partial charge on any atom is -0.480 e. The van der Waals surface area contributed by atoms with Gasteiger partial charge >= 0.3 is 12.1 Å². The van der Waals surface area contributed by atoms with Crippen molar-refractivity contribution >= 4 is 18.0 Å². The van der Waals surface area contributed by atoms with E-state index in [4.69, 9.17) is 4.74 Å². The molecule has 2 aromatic carbocycles. The lowest BCUT2D eigenvalue weighted by molar-refractivity contribution is -0.148. The number of benzene rings is 2. The quantitative estimate of drug-likeness (QED) is 0.485. The number of aliphatic carboxylic acids is 1. The molecule has 0 spiro atoms. The lowest BCUT2D eigenvalue weighted by atomic mass is 9.91. The maximum atomic E-state index is 12.9. The third-order valence-corrected chi connectivity index (χ3v) is 7.47. The van der Waals surface area contributed by atoms with E-state index >= 15 is 0 Å². The minimum absolute atomic E-state index is 0.00887. The van der Waals surface area contributed by atoms with Crippen molar-refractivity contribution < 1.29 is 24.2 Å². The summed E-state index contributed by atoms with van der Waals surface area (Å²) in [5.41, 5.74) is 3.38. The summed E-state index contributed by atoms with van der Waals surface area (Å²) in [4.78, 5) is 37.2. The Kier molecular flexibility index (Phi) is 7.43. The van der Waals surface area contributed by atoms with E-state index < -0.39 is 17.6 Å². The Hall–Kier alpha value is -3.35. The lowest BCUT2D eigenvalue weighted by Crippen LogP contribution is -2.54. The Morgan fingerprint density at radius 3 is 2.26 bits per heavy atom. The largest absolute Gasteiger partial charge is 0.480 e. The highest BCUT2D eigenvalue weighted by atomic mass is 16.5. The number of hydrogen-bond donors (Lipinski definition) is 3. The van der Waals surface area contributed by atoms with Gasteiger partial charge in [0.05, 0.1) is 0 Å². The minimum atomic E-state index is -1.28. The van der Waals surface area contributed by atoms with Crippen LogP contribution < -0.4 is 10.6 Å². The number of nitrogens with one attached hydrogen (secondary N) is 2. The summed E-state index contributed by atoms with van der Waals surface area (Å²) in [6.45, 7) is 4.01. The molecule has 2 aliphatic carbocycles. The second kappa shape index (κ2) is 10.5. The van der Waals surface area contributed by atoms with Crippen molar-refractivity contribution in [1.29, 1.82) is 0 Å². The van der Waals surface area contributed by atoms with Gasteiger partial charge in [0.2, 0.25) is 5.91 Å². The number of fused-ring (bicyclic) bond motifs is 3. The van der Waals surface area contributed by atoms with Crippen molar-refractivity contribution in [2.75, 3.05) is 13.2 Å². The van der Waals surface area contributed by atoms with Gasteiger partial charge in [-0.1, -0.05) is 68.3 Å².